The molecule has 0 saturated heterocycles. The number of nitriles is 1. The molecule has 18 heavy (non-hydrogen) atoms. The van der Waals surface area contributed by atoms with E-state index in [0.717, 1.165) is 6.07 Å². The van der Waals surface area contributed by atoms with Crippen molar-refractivity contribution < 1.29 is 12.8 Å². The van der Waals surface area contributed by atoms with Crippen LogP contribution >= 0.6 is 0 Å². The SMILES string of the molecule is CN1c2ccc(F)cc2S(=O)(=O)CC1CCC#N. The largest absolute Gasteiger partial charge is 0.369 e. The number of halogens is 1. The van der Waals surface area contributed by atoms with Crippen LogP contribution in [0.1, 0.15) is 12.8 Å². The number of hydrogen-bond acceptors (Lipinski definition) is 4. The van der Waals surface area contributed by atoms with Crippen molar-refractivity contribution in [2.24, 2.45) is 0 Å². The zero-order chi connectivity index (χ0) is 13.3. The van der Waals surface area contributed by atoms with Gasteiger partial charge in [0.15, 0.2) is 9.84 Å². The summed E-state index contributed by atoms with van der Waals surface area (Å²) in [6, 6.07) is 5.56. The Morgan fingerprint density at radius 3 is 2.94 bits per heavy atom. The molecule has 0 N–H and O–H groups in total. The first-order chi connectivity index (χ1) is 8.45. The van der Waals surface area contributed by atoms with Gasteiger partial charge in [-0.25, -0.2) is 12.8 Å². The van der Waals surface area contributed by atoms with Gasteiger partial charge >= 0.3 is 0 Å². The summed E-state index contributed by atoms with van der Waals surface area (Å²) in [6.45, 7) is 0. The van der Waals surface area contributed by atoms with E-state index in [1.165, 1.54) is 12.1 Å². The summed E-state index contributed by atoms with van der Waals surface area (Å²) in [5.74, 6) is -0.622. The number of fused-ring (bicyclic) bond motifs is 1. The lowest BCUT2D eigenvalue weighted by Crippen LogP contribution is -2.42. The van der Waals surface area contributed by atoms with Gasteiger partial charge in [-0.2, -0.15) is 5.26 Å². The van der Waals surface area contributed by atoms with E-state index in [2.05, 4.69) is 0 Å². The number of rotatable bonds is 2. The van der Waals surface area contributed by atoms with Crippen molar-refractivity contribution in [2.45, 2.75) is 23.8 Å². The summed E-state index contributed by atoms with van der Waals surface area (Å²) < 4.78 is 37.3. The molecule has 0 radical (unpaired) electrons. The van der Waals surface area contributed by atoms with Crippen LogP contribution in [-0.2, 0) is 9.84 Å². The summed E-state index contributed by atoms with van der Waals surface area (Å²) in [6.07, 6.45) is 0.796. The first kappa shape index (κ1) is 12.8. The van der Waals surface area contributed by atoms with Gasteiger partial charge in [-0.3, -0.25) is 0 Å². The van der Waals surface area contributed by atoms with Gasteiger partial charge in [0.1, 0.15) is 5.82 Å². The molecule has 0 spiro atoms. The van der Waals surface area contributed by atoms with Crippen molar-refractivity contribution in [3.05, 3.63) is 24.0 Å². The minimum absolute atomic E-state index is 0.0400. The Balaban J connectivity index is 2.45. The quantitative estimate of drug-likeness (QED) is 0.819. The molecule has 1 aromatic carbocycles. The number of anilines is 1. The van der Waals surface area contributed by atoms with Gasteiger partial charge in [-0.15, -0.1) is 0 Å². The fourth-order valence-corrected chi connectivity index (χ4v) is 4.09. The molecule has 1 atom stereocenters. The van der Waals surface area contributed by atoms with E-state index in [-0.39, 0.29) is 16.7 Å². The van der Waals surface area contributed by atoms with Gasteiger partial charge in [0, 0.05) is 19.5 Å². The molecule has 1 unspecified atom stereocenters. The van der Waals surface area contributed by atoms with E-state index in [9.17, 15) is 12.8 Å². The minimum atomic E-state index is -3.47. The van der Waals surface area contributed by atoms with Crippen LogP contribution < -0.4 is 4.90 Å². The number of hydrogen-bond donors (Lipinski definition) is 0. The van der Waals surface area contributed by atoms with Crippen LogP contribution in [0.5, 0.6) is 0 Å². The second-order valence-electron chi connectivity index (χ2n) is 4.35. The zero-order valence-electron chi connectivity index (χ0n) is 9.93. The first-order valence-corrected chi connectivity index (χ1v) is 7.23. The molecule has 4 nitrogen and oxygen atoms in total. The number of nitrogens with zero attached hydrogens (tertiary/aromatic N) is 2. The maximum absolute atomic E-state index is 13.1. The first-order valence-electron chi connectivity index (χ1n) is 5.58. The Labute approximate surface area is 106 Å². The van der Waals surface area contributed by atoms with Crippen molar-refractivity contribution in [1.29, 1.82) is 5.26 Å². The Bertz CT molecular complexity index is 607. The molecule has 1 aromatic rings. The molecule has 96 valence electrons. The Morgan fingerprint density at radius 1 is 1.56 bits per heavy atom. The van der Waals surface area contributed by atoms with Crippen molar-refractivity contribution in [3.63, 3.8) is 0 Å². The standard InChI is InChI=1S/C12H13FN2O2S/c1-15-10(3-2-6-14)8-18(16,17)12-7-9(13)4-5-11(12)15/h4-5,7,10H,2-3,8H2,1H3. The number of sulfone groups is 1. The molecule has 1 aliphatic heterocycles. The smallest absolute Gasteiger partial charge is 0.182 e. The van der Waals surface area contributed by atoms with E-state index in [1.54, 1.807) is 7.05 Å². The summed E-state index contributed by atoms with van der Waals surface area (Å²) in [7, 11) is -1.70. The van der Waals surface area contributed by atoms with Crippen LogP contribution in [0.15, 0.2) is 23.1 Å². The van der Waals surface area contributed by atoms with Crippen molar-refractivity contribution in [2.75, 3.05) is 17.7 Å². The molecule has 6 heteroatoms. The van der Waals surface area contributed by atoms with Gasteiger partial charge in [-0.05, 0) is 24.6 Å². The highest BCUT2D eigenvalue weighted by Gasteiger charge is 2.33. The average molecular weight is 268 g/mol. The lowest BCUT2D eigenvalue weighted by Gasteiger charge is -2.35. The predicted molar refractivity (Wildman–Crippen MR) is 65.5 cm³/mol. The van der Waals surface area contributed by atoms with E-state index < -0.39 is 15.7 Å². The zero-order valence-corrected chi connectivity index (χ0v) is 10.7. The van der Waals surface area contributed by atoms with Crippen LogP contribution in [0, 0.1) is 17.1 Å². The van der Waals surface area contributed by atoms with Crippen molar-refractivity contribution in [3.8, 4) is 6.07 Å². The van der Waals surface area contributed by atoms with E-state index in [1.807, 2.05) is 11.0 Å². The van der Waals surface area contributed by atoms with Crippen LogP contribution in [0.2, 0.25) is 0 Å². The molecule has 0 aromatic heterocycles. The van der Waals surface area contributed by atoms with Crippen LogP contribution in [0.4, 0.5) is 10.1 Å². The Hall–Kier alpha value is -1.61. The normalized spacial score (nSPS) is 21.2. The molecular weight excluding hydrogens is 255 g/mol. The predicted octanol–water partition coefficient (Wildman–Crippen LogP) is 1.72. The highest BCUT2D eigenvalue weighted by atomic mass is 32.2. The fraction of sp³-hybridized carbons (Fsp3) is 0.417. The highest BCUT2D eigenvalue weighted by molar-refractivity contribution is 7.91. The molecule has 2 rings (SSSR count). The third-order valence-electron chi connectivity index (χ3n) is 3.19. The molecule has 0 bridgehead atoms. The molecular formula is C12H13FN2O2S. The molecule has 0 fully saturated rings. The third-order valence-corrected chi connectivity index (χ3v) is 5.01. The number of benzene rings is 1. The van der Waals surface area contributed by atoms with E-state index in [4.69, 9.17) is 5.26 Å². The minimum Gasteiger partial charge on any atom is -0.369 e. The van der Waals surface area contributed by atoms with Gasteiger partial charge in [0.2, 0.25) is 0 Å². The summed E-state index contributed by atoms with van der Waals surface area (Å²) in [5.41, 5.74) is 0.505. The molecule has 1 aliphatic rings. The van der Waals surface area contributed by atoms with Crippen molar-refractivity contribution >= 4 is 15.5 Å². The third kappa shape index (κ3) is 2.18. The highest BCUT2D eigenvalue weighted by Crippen LogP contribution is 2.34. The van der Waals surface area contributed by atoms with Crippen LogP contribution in [-0.4, -0.2) is 27.3 Å². The van der Waals surface area contributed by atoms with Gasteiger partial charge in [-0.1, -0.05) is 0 Å². The molecule has 0 amide bonds. The Kier molecular flexibility index (Phi) is 3.26. The second-order valence-corrected chi connectivity index (χ2v) is 6.36. The van der Waals surface area contributed by atoms with Gasteiger partial charge in [0.25, 0.3) is 0 Å². The average Bonchev–Trinajstić information content (AvgIpc) is 2.32. The molecule has 0 aliphatic carbocycles. The fourth-order valence-electron chi connectivity index (χ4n) is 2.19. The summed E-state index contributed by atoms with van der Waals surface area (Å²) in [4.78, 5) is 1.85. The van der Waals surface area contributed by atoms with E-state index in [0.29, 0.717) is 18.5 Å². The maximum Gasteiger partial charge on any atom is 0.182 e. The van der Waals surface area contributed by atoms with Crippen LogP contribution in [0.25, 0.3) is 0 Å². The molecule has 0 saturated carbocycles. The second kappa shape index (κ2) is 4.58. The Morgan fingerprint density at radius 2 is 2.28 bits per heavy atom. The topological polar surface area (TPSA) is 61.2 Å². The van der Waals surface area contributed by atoms with Crippen molar-refractivity contribution in [1.82, 2.24) is 0 Å². The maximum atomic E-state index is 13.1. The lowest BCUT2D eigenvalue weighted by molar-refractivity contribution is 0.556. The molecule has 1 heterocycles. The van der Waals surface area contributed by atoms with E-state index >= 15 is 0 Å². The van der Waals surface area contributed by atoms with Crippen LogP contribution in [0.3, 0.4) is 0 Å². The summed E-state index contributed by atoms with van der Waals surface area (Å²) in [5, 5.41) is 8.58. The summed E-state index contributed by atoms with van der Waals surface area (Å²) >= 11 is 0. The van der Waals surface area contributed by atoms with Gasteiger partial charge < -0.3 is 4.90 Å². The van der Waals surface area contributed by atoms with Gasteiger partial charge in [0.05, 0.1) is 22.4 Å². The monoisotopic (exact) mass is 268 g/mol. The lowest BCUT2D eigenvalue weighted by atomic mass is 10.1.